The fourth-order valence-corrected chi connectivity index (χ4v) is 3.19. The van der Waals surface area contributed by atoms with E-state index in [1.807, 2.05) is 6.07 Å². The maximum atomic E-state index is 6.42. The molecule has 2 aliphatic carbocycles. The van der Waals surface area contributed by atoms with Gasteiger partial charge < -0.3 is 5.73 Å². The second-order valence-corrected chi connectivity index (χ2v) is 5.52. The molecule has 2 atom stereocenters. The Bertz CT molecular complexity index is 372. The fourth-order valence-electron chi connectivity index (χ4n) is 2.54. The first-order chi connectivity index (χ1) is 6.72. The van der Waals surface area contributed by atoms with E-state index in [1.54, 1.807) is 0 Å². The van der Waals surface area contributed by atoms with Crippen LogP contribution in [-0.2, 0) is 5.54 Å². The maximum absolute atomic E-state index is 6.42. The molecule has 1 aromatic carbocycles. The van der Waals surface area contributed by atoms with Crippen LogP contribution in [0.3, 0.4) is 0 Å². The summed E-state index contributed by atoms with van der Waals surface area (Å²) in [5.74, 6) is 1.67. The lowest BCUT2D eigenvalue weighted by Crippen LogP contribution is -2.23. The molecule has 0 aliphatic heterocycles. The van der Waals surface area contributed by atoms with E-state index in [-0.39, 0.29) is 5.54 Å². The van der Waals surface area contributed by atoms with Gasteiger partial charge in [-0.25, -0.2) is 0 Å². The molecular formula is C12H14BrN. The maximum Gasteiger partial charge on any atom is 0.0456 e. The van der Waals surface area contributed by atoms with E-state index in [9.17, 15) is 0 Å². The van der Waals surface area contributed by atoms with Crippen LogP contribution in [0.4, 0.5) is 0 Å². The Morgan fingerprint density at radius 2 is 2.00 bits per heavy atom. The molecule has 0 radical (unpaired) electrons. The summed E-state index contributed by atoms with van der Waals surface area (Å²) in [6, 6.07) is 8.38. The molecule has 14 heavy (non-hydrogen) atoms. The molecule has 0 heterocycles. The first kappa shape index (κ1) is 8.93. The van der Waals surface area contributed by atoms with Crippen molar-refractivity contribution in [3.05, 3.63) is 34.3 Å². The zero-order chi connectivity index (χ0) is 9.76. The summed E-state index contributed by atoms with van der Waals surface area (Å²) in [7, 11) is 0. The Hall–Kier alpha value is -0.340. The molecule has 0 saturated heterocycles. The number of hydrogen-bond donors (Lipinski definition) is 1. The molecule has 1 aromatic rings. The van der Waals surface area contributed by atoms with Gasteiger partial charge >= 0.3 is 0 Å². The largest absolute Gasteiger partial charge is 0.321 e. The van der Waals surface area contributed by atoms with Gasteiger partial charge in [-0.3, -0.25) is 0 Å². The van der Waals surface area contributed by atoms with Crippen molar-refractivity contribution in [2.24, 2.45) is 17.6 Å². The third kappa shape index (κ3) is 1.24. The molecule has 74 valence electrons. The molecular weight excluding hydrogens is 238 g/mol. The second kappa shape index (κ2) is 2.83. The van der Waals surface area contributed by atoms with Gasteiger partial charge in [0, 0.05) is 10.0 Å². The molecule has 2 N–H and O–H groups in total. The SMILES string of the molecule is NC1(c2ccccc2Br)CC1C1CC1. The highest BCUT2D eigenvalue weighted by atomic mass is 79.9. The van der Waals surface area contributed by atoms with Gasteiger partial charge in [-0.05, 0) is 42.7 Å². The van der Waals surface area contributed by atoms with Crippen molar-refractivity contribution in [2.75, 3.05) is 0 Å². The van der Waals surface area contributed by atoms with E-state index >= 15 is 0 Å². The van der Waals surface area contributed by atoms with Crippen molar-refractivity contribution in [3.8, 4) is 0 Å². The number of halogens is 1. The van der Waals surface area contributed by atoms with Crippen LogP contribution < -0.4 is 5.73 Å². The van der Waals surface area contributed by atoms with Crippen LogP contribution in [0.5, 0.6) is 0 Å². The van der Waals surface area contributed by atoms with Gasteiger partial charge in [-0.2, -0.15) is 0 Å². The van der Waals surface area contributed by atoms with E-state index in [2.05, 4.69) is 34.1 Å². The molecule has 2 heteroatoms. The summed E-state index contributed by atoms with van der Waals surface area (Å²) in [4.78, 5) is 0. The van der Waals surface area contributed by atoms with Crippen molar-refractivity contribution in [2.45, 2.75) is 24.8 Å². The van der Waals surface area contributed by atoms with Crippen LogP contribution in [0.25, 0.3) is 0 Å². The average molecular weight is 252 g/mol. The fraction of sp³-hybridized carbons (Fsp3) is 0.500. The van der Waals surface area contributed by atoms with Gasteiger partial charge in [-0.1, -0.05) is 34.1 Å². The van der Waals surface area contributed by atoms with Gasteiger partial charge in [-0.15, -0.1) is 0 Å². The topological polar surface area (TPSA) is 26.0 Å². The quantitative estimate of drug-likeness (QED) is 0.860. The average Bonchev–Trinajstić information content (AvgIpc) is 3.00. The van der Waals surface area contributed by atoms with Gasteiger partial charge in [0.25, 0.3) is 0 Å². The number of benzene rings is 1. The van der Waals surface area contributed by atoms with Gasteiger partial charge in [0.1, 0.15) is 0 Å². The number of hydrogen-bond acceptors (Lipinski definition) is 1. The van der Waals surface area contributed by atoms with Crippen molar-refractivity contribution < 1.29 is 0 Å². The summed E-state index contributed by atoms with van der Waals surface area (Å²) < 4.78 is 1.17. The molecule has 3 rings (SSSR count). The van der Waals surface area contributed by atoms with E-state index in [1.165, 1.54) is 29.3 Å². The molecule has 2 saturated carbocycles. The van der Waals surface area contributed by atoms with Crippen molar-refractivity contribution in [1.82, 2.24) is 0 Å². The minimum atomic E-state index is -0.0126. The zero-order valence-electron chi connectivity index (χ0n) is 8.04. The summed E-state index contributed by atoms with van der Waals surface area (Å²) >= 11 is 3.59. The van der Waals surface area contributed by atoms with E-state index < -0.39 is 0 Å². The first-order valence-corrected chi connectivity index (χ1v) is 6.05. The predicted octanol–water partition coefficient (Wildman–Crippen LogP) is 3.03. The predicted molar refractivity (Wildman–Crippen MR) is 60.8 cm³/mol. The molecule has 2 fully saturated rings. The van der Waals surface area contributed by atoms with Crippen LogP contribution in [0.15, 0.2) is 28.7 Å². The highest BCUT2D eigenvalue weighted by molar-refractivity contribution is 9.10. The summed E-state index contributed by atoms with van der Waals surface area (Å²) in [6.07, 6.45) is 3.97. The lowest BCUT2D eigenvalue weighted by Gasteiger charge is -2.13. The summed E-state index contributed by atoms with van der Waals surface area (Å²) in [5, 5.41) is 0. The van der Waals surface area contributed by atoms with Gasteiger partial charge in [0.05, 0.1) is 0 Å². The van der Waals surface area contributed by atoms with Crippen LogP contribution in [0, 0.1) is 11.8 Å². The van der Waals surface area contributed by atoms with Crippen molar-refractivity contribution in [3.63, 3.8) is 0 Å². The summed E-state index contributed by atoms with van der Waals surface area (Å²) in [6.45, 7) is 0. The number of rotatable bonds is 2. The first-order valence-electron chi connectivity index (χ1n) is 5.26. The second-order valence-electron chi connectivity index (χ2n) is 4.67. The molecule has 2 aliphatic rings. The van der Waals surface area contributed by atoms with Gasteiger partial charge in [0.15, 0.2) is 0 Å². The molecule has 0 amide bonds. The molecule has 0 spiro atoms. The summed E-state index contributed by atoms with van der Waals surface area (Å²) in [5.41, 5.74) is 7.71. The van der Waals surface area contributed by atoms with Crippen LogP contribution in [0.2, 0.25) is 0 Å². The van der Waals surface area contributed by atoms with Crippen LogP contribution in [0.1, 0.15) is 24.8 Å². The minimum Gasteiger partial charge on any atom is -0.321 e. The third-order valence-electron chi connectivity index (χ3n) is 3.63. The normalized spacial score (nSPS) is 35.7. The Balaban J connectivity index is 1.92. The zero-order valence-corrected chi connectivity index (χ0v) is 9.63. The smallest absolute Gasteiger partial charge is 0.0456 e. The van der Waals surface area contributed by atoms with E-state index in [4.69, 9.17) is 5.73 Å². The molecule has 1 nitrogen and oxygen atoms in total. The third-order valence-corrected chi connectivity index (χ3v) is 4.32. The van der Waals surface area contributed by atoms with Gasteiger partial charge in [0.2, 0.25) is 0 Å². The minimum absolute atomic E-state index is 0.0126. The molecule has 0 bridgehead atoms. The Kier molecular flexibility index (Phi) is 1.80. The highest BCUT2D eigenvalue weighted by Gasteiger charge is 2.58. The van der Waals surface area contributed by atoms with Crippen molar-refractivity contribution >= 4 is 15.9 Å². The Morgan fingerprint density at radius 1 is 1.29 bits per heavy atom. The lowest BCUT2D eigenvalue weighted by atomic mass is 10.0. The standard InChI is InChI=1S/C12H14BrN/c13-11-4-2-1-3-9(11)12(14)7-10(12)8-5-6-8/h1-4,8,10H,5-7,14H2. The van der Waals surface area contributed by atoms with E-state index in [0.29, 0.717) is 0 Å². The van der Waals surface area contributed by atoms with Crippen LogP contribution in [-0.4, -0.2) is 0 Å². The monoisotopic (exact) mass is 251 g/mol. The van der Waals surface area contributed by atoms with Crippen LogP contribution >= 0.6 is 15.9 Å². The van der Waals surface area contributed by atoms with Crippen molar-refractivity contribution in [1.29, 1.82) is 0 Å². The highest BCUT2D eigenvalue weighted by Crippen LogP contribution is 2.61. The molecule has 2 unspecified atom stereocenters. The van der Waals surface area contributed by atoms with E-state index in [0.717, 1.165) is 11.8 Å². The Labute approximate surface area is 92.8 Å². The molecule has 0 aromatic heterocycles. The Morgan fingerprint density at radius 3 is 2.64 bits per heavy atom. The number of nitrogens with two attached hydrogens (primary N) is 1. The lowest BCUT2D eigenvalue weighted by molar-refractivity contribution is 0.574.